The van der Waals surface area contributed by atoms with Gasteiger partial charge >= 0.3 is 5.97 Å². The Morgan fingerprint density at radius 3 is 2.65 bits per heavy atom. The van der Waals surface area contributed by atoms with Gasteiger partial charge in [-0.05, 0) is 57.0 Å². The number of carbonyl (C=O) groups is 2. The number of esters is 1. The number of aryl methyl sites for hydroxylation is 1. The van der Waals surface area contributed by atoms with E-state index in [-0.39, 0.29) is 29.4 Å². The summed E-state index contributed by atoms with van der Waals surface area (Å²) in [6.45, 7) is 3.74. The summed E-state index contributed by atoms with van der Waals surface area (Å²) in [6, 6.07) is 9.57. The fourth-order valence-corrected chi connectivity index (χ4v) is 6.62. The second-order valence-electron chi connectivity index (χ2n) is 7.92. The van der Waals surface area contributed by atoms with E-state index in [1.165, 1.54) is 39.2 Å². The number of benzene rings is 2. The van der Waals surface area contributed by atoms with Crippen LogP contribution in [0.4, 0.5) is 4.39 Å². The summed E-state index contributed by atoms with van der Waals surface area (Å²) in [6.07, 6.45) is 0.863. The molecule has 2 aromatic carbocycles. The summed E-state index contributed by atoms with van der Waals surface area (Å²) in [5.74, 6) is -1.61. The lowest BCUT2D eigenvalue weighted by Gasteiger charge is -2.21. The van der Waals surface area contributed by atoms with E-state index in [1.54, 1.807) is 19.1 Å². The van der Waals surface area contributed by atoms with E-state index in [0.717, 1.165) is 16.9 Å². The first-order chi connectivity index (χ1) is 16.2. The van der Waals surface area contributed by atoms with Gasteiger partial charge in [-0.2, -0.15) is 9.30 Å². The molecule has 11 heteroatoms. The fourth-order valence-electron chi connectivity index (χ4n) is 3.91. The molecule has 1 fully saturated rings. The summed E-state index contributed by atoms with van der Waals surface area (Å²) < 4.78 is 48.4. The molecule has 3 aromatic rings. The number of ether oxygens (including phenoxy) is 1. The van der Waals surface area contributed by atoms with Gasteiger partial charge in [0.05, 0.1) is 21.7 Å². The molecular weight excluding hydrogens is 481 g/mol. The Morgan fingerprint density at radius 1 is 1.21 bits per heavy atom. The zero-order valence-electron chi connectivity index (χ0n) is 18.7. The number of thiazole rings is 1. The van der Waals surface area contributed by atoms with Crippen LogP contribution in [-0.2, 0) is 30.9 Å². The molecule has 180 valence electrons. The second kappa shape index (κ2) is 9.77. The molecule has 0 N–H and O–H groups in total. The lowest BCUT2D eigenvalue weighted by Crippen LogP contribution is -2.40. The molecule has 0 aliphatic carbocycles. The minimum atomic E-state index is -3.88. The summed E-state index contributed by atoms with van der Waals surface area (Å²) >= 11 is 1.05. The first-order valence-corrected chi connectivity index (χ1v) is 13.1. The van der Waals surface area contributed by atoms with Crippen molar-refractivity contribution in [3.8, 4) is 0 Å². The number of rotatable bonds is 6. The lowest BCUT2D eigenvalue weighted by atomic mass is 10.2. The molecule has 4 rings (SSSR count). The summed E-state index contributed by atoms with van der Waals surface area (Å²) in [4.78, 5) is 29.8. The van der Waals surface area contributed by atoms with Gasteiger partial charge in [0, 0.05) is 6.54 Å². The fraction of sp³-hybridized carbons (Fsp3) is 0.348. The van der Waals surface area contributed by atoms with Crippen molar-refractivity contribution in [3.63, 3.8) is 0 Å². The number of hydrogen-bond donors (Lipinski definition) is 0. The summed E-state index contributed by atoms with van der Waals surface area (Å²) in [5.41, 5.74) is 1.46. The average molecular weight is 506 g/mol. The molecule has 1 aliphatic heterocycles. The van der Waals surface area contributed by atoms with E-state index in [9.17, 15) is 22.4 Å². The zero-order chi connectivity index (χ0) is 24.5. The van der Waals surface area contributed by atoms with Gasteiger partial charge in [0.2, 0.25) is 10.0 Å². The maximum atomic E-state index is 13.8. The maximum Gasteiger partial charge on any atom is 0.326 e. The Bertz CT molecular complexity index is 1410. The van der Waals surface area contributed by atoms with Crippen molar-refractivity contribution in [1.29, 1.82) is 0 Å². The van der Waals surface area contributed by atoms with Crippen LogP contribution in [0.25, 0.3) is 10.2 Å². The molecular formula is C23H24FN3O5S2. The van der Waals surface area contributed by atoms with Crippen LogP contribution in [0, 0.1) is 12.7 Å². The molecule has 0 radical (unpaired) electrons. The van der Waals surface area contributed by atoms with Gasteiger partial charge in [0.25, 0.3) is 5.91 Å². The highest BCUT2D eigenvalue weighted by atomic mass is 32.2. The molecule has 1 saturated heterocycles. The SMILES string of the molecule is CCOC(=O)Cn1c(=NC(=O)C2CCCN2S(=O)(=O)c2ccc(C)cc2)sc2cc(F)ccc21. The molecule has 0 saturated carbocycles. The number of nitrogens with zero attached hydrogens (tertiary/aromatic N) is 3. The molecule has 34 heavy (non-hydrogen) atoms. The van der Waals surface area contributed by atoms with Gasteiger partial charge in [-0.15, -0.1) is 0 Å². The second-order valence-corrected chi connectivity index (χ2v) is 10.8. The van der Waals surface area contributed by atoms with Crippen molar-refractivity contribution in [2.75, 3.05) is 13.2 Å². The smallest absolute Gasteiger partial charge is 0.326 e. The van der Waals surface area contributed by atoms with Crippen LogP contribution in [0.5, 0.6) is 0 Å². The van der Waals surface area contributed by atoms with Crippen molar-refractivity contribution >= 4 is 43.5 Å². The number of hydrogen-bond acceptors (Lipinski definition) is 6. The molecule has 1 unspecified atom stereocenters. The highest BCUT2D eigenvalue weighted by Crippen LogP contribution is 2.27. The van der Waals surface area contributed by atoms with Crippen molar-refractivity contribution in [3.05, 3.63) is 58.6 Å². The van der Waals surface area contributed by atoms with E-state index in [4.69, 9.17) is 4.74 Å². The predicted octanol–water partition coefficient (Wildman–Crippen LogP) is 2.99. The molecule has 0 bridgehead atoms. The molecule has 0 spiro atoms. The minimum absolute atomic E-state index is 0.118. The monoisotopic (exact) mass is 505 g/mol. The topological polar surface area (TPSA) is 98.0 Å². The Hall–Kier alpha value is -2.89. The van der Waals surface area contributed by atoms with Crippen LogP contribution in [0.15, 0.2) is 52.4 Å². The van der Waals surface area contributed by atoms with Crippen LogP contribution >= 0.6 is 11.3 Å². The third kappa shape index (κ3) is 4.82. The Labute approximate surface area is 200 Å². The zero-order valence-corrected chi connectivity index (χ0v) is 20.4. The largest absolute Gasteiger partial charge is 0.465 e. The third-order valence-corrected chi connectivity index (χ3v) is 8.52. The van der Waals surface area contributed by atoms with Crippen LogP contribution in [0.2, 0.25) is 0 Å². The molecule has 8 nitrogen and oxygen atoms in total. The van der Waals surface area contributed by atoms with Crippen LogP contribution in [0.1, 0.15) is 25.3 Å². The minimum Gasteiger partial charge on any atom is -0.465 e. The average Bonchev–Trinajstić information content (AvgIpc) is 3.40. The number of amides is 1. The van der Waals surface area contributed by atoms with Crippen LogP contribution in [0.3, 0.4) is 0 Å². The van der Waals surface area contributed by atoms with E-state index < -0.39 is 33.8 Å². The standard InChI is InChI=1S/C23H24FN3O5S2/c1-3-32-21(28)14-26-18-11-8-16(24)13-20(18)33-23(26)25-22(29)19-5-4-12-27(19)34(30,31)17-9-6-15(2)7-10-17/h6-11,13,19H,3-5,12,14H2,1-2H3. The number of fused-ring (bicyclic) bond motifs is 1. The van der Waals surface area contributed by atoms with Crippen molar-refractivity contribution in [1.82, 2.24) is 8.87 Å². The van der Waals surface area contributed by atoms with Gasteiger partial charge in [-0.3, -0.25) is 9.59 Å². The molecule has 1 atom stereocenters. The molecule has 1 aromatic heterocycles. The van der Waals surface area contributed by atoms with Crippen LogP contribution < -0.4 is 4.80 Å². The predicted molar refractivity (Wildman–Crippen MR) is 125 cm³/mol. The third-order valence-electron chi connectivity index (χ3n) is 5.56. The molecule has 1 aliphatic rings. The van der Waals surface area contributed by atoms with Gasteiger partial charge in [-0.1, -0.05) is 29.0 Å². The van der Waals surface area contributed by atoms with E-state index in [1.807, 2.05) is 6.92 Å². The first kappa shape index (κ1) is 24.2. The first-order valence-electron chi connectivity index (χ1n) is 10.8. The summed E-state index contributed by atoms with van der Waals surface area (Å²) in [7, 11) is -3.88. The number of carbonyl (C=O) groups excluding carboxylic acids is 2. The Morgan fingerprint density at radius 2 is 1.94 bits per heavy atom. The maximum absolute atomic E-state index is 13.8. The molecule has 1 amide bonds. The van der Waals surface area contributed by atoms with E-state index in [2.05, 4.69) is 4.99 Å². The van der Waals surface area contributed by atoms with Gasteiger partial charge < -0.3 is 9.30 Å². The van der Waals surface area contributed by atoms with Crippen molar-refractivity contribution in [2.24, 2.45) is 4.99 Å². The number of halogens is 1. The number of sulfonamides is 1. The highest BCUT2D eigenvalue weighted by molar-refractivity contribution is 7.89. The van der Waals surface area contributed by atoms with Crippen molar-refractivity contribution < 1.29 is 27.1 Å². The van der Waals surface area contributed by atoms with Gasteiger partial charge in [0.15, 0.2) is 4.80 Å². The van der Waals surface area contributed by atoms with Gasteiger partial charge in [0.1, 0.15) is 18.4 Å². The summed E-state index contributed by atoms with van der Waals surface area (Å²) in [5, 5.41) is 0. The lowest BCUT2D eigenvalue weighted by molar-refractivity contribution is -0.143. The van der Waals surface area contributed by atoms with Crippen molar-refractivity contribution in [2.45, 2.75) is 44.2 Å². The molecule has 2 heterocycles. The van der Waals surface area contributed by atoms with E-state index in [0.29, 0.717) is 23.1 Å². The Kier molecular flexibility index (Phi) is 6.96. The highest BCUT2D eigenvalue weighted by Gasteiger charge is 2.39. The van der Waals surface area contributed by atoms with Crippen LogP contribution in [-0.4, -0.2) is 48.4 Å². The van der Waals surface area contributed by atoms with E-state index >= 15 is 0 Å². The van der Waals surface area contributed by atoms with Gasteiger partial charge in [-0.25, -0.2) is 12.8 Å². The normalized spacial score (nSPS) is 17.4. The Balaban J connectivity index is 1.72. The quantitative estimate of drug-likeness (QED) is 0.480. The number of aromatic nitrogens is 1.